The fourth-order valence-corrected chi connectivity index (χ4v) is 2.42. The van der Waals surface area contributed by atoms with Crippen LogP contribution in [0.1, 0.15) is 27.2 Å². The Labute approximate surface area is 96.8 Å². The van der Waals surface area contributed by atoms with Gasteiger partial charge in [0.15, 0.2) is 0 Å². The number of hydrogen-bond donors (Lipinski definition) is 2. The number of carbonyl (C=O) groups is 1. The molecule has 2 unspecified atom stereocenters. The summed E-state index contributed by atoms with van der Waals surface area (Å²) < 4.78 is 0. The van der Waals surface area contributed by atoms with Crippen molar-refractivity contribution in [1.82, 2.24) is 10.6 Å². The van der Waals surface area contributed by atoms with Gasteiger partial charge in [0.1, 0.15) is 0 Å². The molecule has 0 spiro atoms. The van der Waals surface area contributed by atoms with Crippen molar-refractivity contribution in [2.24, 2.45) is 5.41 Å². The second-order valence-electron chi connectivity index (χ2n) is 4.52. The molecule has 1 fully saturated rings. The van der Waals surface area contributed by atoms with Gasteiger partial charge in [-0.2, -0.15) is 11.8 Å². The molecule has 2 atom stereocenters. The van der Waals surface area contributed by atoms with Crippen LogP contribution in [0.3, 0.4) is 0 Å². The van der Waals surface area contributed by atoms with Crippen molar-refractivity contribution in [3.63, 3.8) is 0 Å². The molecule has 1 aliphatic heterocycles. The molecular weight excluding hydrogens is 208 g/mol. The van der Waals surface area contributed by atoms with E-state index in [1.807, 2.05) is 18.7 Å². The third kappa shape index (κ3) is 3.68. The maximum absolute atomic E-state index is 12.0. The first-order chi connectivity index (χ1) is 7.08. The first kappa shape index (κ1) is 12.8. The van der Waals surface area contributed by atoms with Gasteiger partial charge in [-0.25, -0.2) is 0 Å². The Morgan fingerprint density at radius 2 is 2.40 bits per heavy atom. The topological polar surface area (TPSA) is 41.1 Å². The van der Waals surface area contributed by atoms with Gasteiger partial charge in [0.05, 0.1) is 5.41 Å². The third-order valence-electron chi connectivity index (χ3n) is 2.87. The van der Waals surface area contributed by atoms with Crippen LogP contribution in [0.5, 0.6) is 0 Å². The molecule has 0 saturated carbocycles. The van der Waals surface area contributed by atoms with Gasteiger partial charge in [-0.15, -0.1) is 0 Å². The van der Waals surface area contributed by atoms with Crippen LogP contribution >= 0.6 is 11.8 Å². The lowest BCUT2D eigenvalue weighted by atomic mass is 9.88. The molecule has 0 aromatic carbocycles. The zero-order chi connectivity index (χ0) is 11.3. The van der Waals surface area contributed by atoms with E-state index in [9.17, 15) is 4.79 Å². The van der Waals surface area contributed by atoms with E-state index in [2.05, 4.69) is 24.5 Å². The van der Waals surface area contributed by atoms with E-state index in [0.717, 1.165) is 31.0 Å². The Kier molecular flexibility index (Phi) is 4.93. The van der Waals surface area contributed by atoms with E-state index in [1.165, 1.54) is 0 Å². The van der Waals surface area contributed by atoms with Gasteiger partial charge >= 0.3 is 0 Å². The van der Waals surface area contributed by atoms with E-state index >= 15 is 0 Å². The third-order valence-corrected chi connectivity index (χ3v) is 4.01. The number of rotatable bonds is 5. The summed E-state index contributed by atoms with van der Waals surface area (Å²) in [6.07, 6.45) is 0.951. The van der Waals surface area contributed by atoms with Gasteiger partial charge in [-0.1, -0.05) is 6.92 Å². The summed E-state index contributed by atoms with van der Waals surface area (Å²) in [7, 11) is 0. The lowest BCUT2D eigenvalue weighted by Crippen LogP contribution is -2.45. The summed E-state index contributed by atoms with van der Waals surface area (Å²) in [5.74, 6) is 2.32. The number of carbonyl (C=O) groups excluding carboxylic acids is 1. The molecule has 1 rings (SSSR count). The molecule has 3 nitrogen and oxygen atoms in total. The van der Waals surface area contributed by atoms with Crippen LogP contribution in [-0.2, 0) is 4.79 Å². The standard InChI is InChI=1S/C11H22N2OS/c1-4-15-7-9(2)13-10(14)11(3)5-6-12-8-11/h9,12H,4-8H2,1-3H3,(H,13,14). The number of hydrogen-bond acceptors (Lipinski definition) is 3. The Bertz CT molecular complexity index is 215. The molecule has 88 valence electrons. The summed E-state index contributed by atoms with van der Waals surface area (Å²) in [6, 6.07) is 0.278. The van der Waals surface area contributed by atoms with Gasteiger partial charge in [0.25, 0.3) is 0 Å². The minimum absolute atomic E-state index is 0.189. The minimum atomic E-state index is -0.189. The van der Waals surface area contributed by atoms with Gasteiger partial charge in [0.2, 0.25) is 5.91 Å². The monoisotopic (exact) mass is 230 g/mol. The molecule has 1 amide bonds. The van der Waals surface area contributed by atoms with Crippen LogP contribution in [0.2, 0.25) is 0 Å². The number of thioether (sulfide) groups is 1. The highest BCUT2D eigenvalue weighted by Crippen LogP contribution is 2.24. The Balaban J connectivity index is 2.34. The van der Waals surface area contributed by atoms with Crippen LogP contribution in [0.4, 0.5) is 0 Å². The molecule has 1 aliphatic rings. The van der Waals surface area contributed by atoms with Crippen LogP contribution in [-0.4, -0.2) is 36.5 Å². The van der Waals surface area contributed by atoms with Crippen molar-refractivity contribution in [3.8, 4) is 0 Å². The maximum Gasteiger partial charge on any atom is 0.227 e. The Morgan fingerprint density at radius 3 is 2.93 bits per heavy atom. The summed E-state index contributed by atoms with van der Waals surface area (Å²) in [4.78, 5) is 12.0. The maximum atomic E-state index is 12.0. The summed E-state index contributed by atoms with van der Waals surface area (Å²) in [5, 5.41) is 6.34. The molecular formula is C11H22N2OS. The first-order valence-electron chi connectivity index (χ1n) is 5.68. The van der Waals surface area contributed by atoms with Crippen LogP contribution in [0, 0.1) is 5.41 Å². The Morgan fingerprint density at radius 1 is 1.67 bits per heavy atom. The van der Waals surface area contributed by atoms with Crippen LogP contribution in [0.25, 0.3) is 0 Å². The van der Waals surface area contributed by atoms with Crippen molar-refractivity contribution in [3.05, 3.63) is 0 Å². The quantitative estimate of drug-likeness (QED) is 0.747. The first-order valence-corrected chi connectivity index (χ1v) is 6.83. The predicted octanol–water partition coefficient (Wildman–Crippen LogP) is 1.24. The van der Waals surface area contributed by atoms with Crippen molar-refractivity contribution in [1.29, 1.82) is 0 Å². The molecule has 0 aliphatic carbocycles. The van der Waals surface area contributed by atoms with Gasteiger partial charge in [-0.05, 0) is 32.6 Å². The normalized spacial score (nSPS) is 27.7. The lowest BCUT2D eigenvalue weighted by molar-refractivity contribution is -0.129. The van der Waals surface area contributed by atoms with E-state index < -0.39 is 0 Å². The van der Waals surface area contributed by atoms with Crippen molar-refractivity contribution in [2.75, 3.05) is 24.6 Å². The SMILES string of the molecule is CCSCC(C)NC(=O)C1(C)CCNC1. The minimum Gasteiger partial charge on any atom is -0.352 e. The summed E-state index contributed by atoms with van der Waals surface area (Å²) in [6.45, 7) is 8.03. The fourth-order valence-electron chi connectivity index (χ4n) is 1.75. The van der Waals surface area contributed by atoms with E-state index in [-0.39, 0.29) is 17.4 Å². The molecule has 0 aromatic heterocycles. The Hall–Kier alpha value is -0.220. The molecule has 1 heterocycles. The van der Waals surface area contributed by atoms with Crippen LogP contribution < -0.4 is 10.6 Å². The highest BCUT2D eigenvalue weighted by molar-refractivity contribution is 7.99. The second-order valence-corrected chi connectivity index (χ2v) is 5.84. The average Bonchev–Trinajstić information content (AvgIpc) is 2.63. The molecule has 2 N–H and O–H groups in total. The number of amides is 1. The highest BCUT2D eigenvalue weighted by atomic mass is 32.2. The number of nitrogens with one attached hydrogen (secondary N) is 2. The second kappa shape index (κ2) is 5.75. The summed E-state index contributed by atoms with van der Waals surface area (Å²) >= 11 is 1.87. The molecule has 15 heavy (non-hydrogen) atoms. The van der Waals surface area contributed by atoms with Gasteiger partial charge in [-0.3, -0.25) is 4.79 Å². The smallest absolute Gasteiger partial charge is 0.227 e. The molecule has 0 aromatic rings. The largest absolute Gasteiger partial charge is 0.352 e. The average molecular weight is 230 g/mol. The molecule has 4 heteroatoms. The molecule has 0 radical (unpaired) electrons. The van der Waals surface area contributed by atoms with Crippen molar-refractivity contribution < 1.29 is 4.79 Å². The van der Waals surface area contributed by atoms with Crippen LogP contribution in [0.15, 0.2) is 0 Å². The fraction of sp³-hybridized carbons (Fsp3) is 0.909. The van der Waals surface area contributed by atoms with Crippen molar-refractivity contribution >= 4 is 17.7 Å². The zero-order valence-electron chi connectivity index (χ0n) is 9.93. The molecule has 1 saturated heterocycles. The van der Waals surface area contributed by atoms with E-state index in [0.29, 0.717) is 0 Å². The highest BCUT2D eigenvalue weighted by Gasteiger charge is 2.36. The van der Waals surface area contributed by atoms with Crippen molar-refractivity contribution in [2.45, 2.75) is 33.2 Å². The predicted molar refractivity (Wildman–Crippen MR) is 66.2 cm³/mol. The summed E-state index contributed by atoms with van der Waals surface area (Å²) in [5.41, 5.74) is -0.189. The lowest BCUT2D eigenvalue weighted by Gasteiger charge is -2.24. The molecule has 0 bridgehead atoms. The van der Waals surface area contributed by atoms with E-state index in [4.69, 9.17) is 0 Å². The van der Waals surface area contributed by atoms with E-state index in [1.54, 1.807) is 0 Å². The van der Waals surface area contributed by atoms with Gasteiger partial charge < -0.3 is 10.6 Å². The zero-order valence-corrected chi connectivity index (χ0v) is 10.7. The van der Waals surface area contributed by atoms with Gasteiger partial charge in [0, 0.05) is 18.3 Å².